The Balaban J connectivity index is 1.72. The average molecular weight is 257 g/mol. The van der Waals surface area contributed by atoms with Gasteiger partial charge in [-0.25, -0.2) is 15.0 Å². The van der Waals surface area contributed by atoms with E-state index >= 15 is 0 Å². The zero-order chi connectivity index (χ0) is 13.1. The SMILES string of the molecule is CC(Cn1ccnc1)Nc1ncnc2c1CCCC2. The second kappa shape index (κ2) is 5.38. The van der Waals surface area contributed by atoms with Crippen molar-refractivity contribution in [2.45, 2.75) is 45.2 Å². The van der Waals surface area contributed by atoms with Gasteiger partial charge in [-0.3, -0.25) is 0 Å². The molecule has 0 aromatic carbocycles. The number of aryl methyl sites for hydroxylation is 1. The first-order chi connectivity index (χ1) is 9.33. The van der Waals surface area contributed by atoms with Gasteiger partial charge < -0.3 is 9.88 Å². The van der Waals surface area contributed by atoms with E-state index in [-0.39, 0.29) is 0 Å². The van der Waals surface area contributed by atoms with Gasteiger partial charge in [-0.15, -0.1) is 0 Å². The number of rotatable bonds is 4. The van der Waals surface area contributed by atoms with Gasteiger partial charge in [-0.2, -0.15) is 0 Å². The van der Waals surface area contributed by atoms with Crippen molar-refractivity contribution < 1.29 is 0 Å². The molecule has 2 aromatic rings. The van der Waals surface area contributed by atoms with E-state index in [4.69, 9.17) is 0 Å². The van der Waals surface area contributed by atoms with Crippen molar-refractivity contribution >= 4 is 5.82 Å². The van der Waals surface area contributed by atoms with E-state index in [1.165, 1.54) is 24.1 Å². The fourth-order valence-corrected chi connectivity index (χ4v) is 2.64. The summed E-state index contributed by atoms with van der Waals surface area (Å²) in [6.45, 7) is 3.05. The molecule has 0 bridgehead atoms. The molecule has 1 aliphatic carbocycles. The number of nitrogens with one attached hydrogen (secondary N) is 1. The van der Waals surface area contributed by atoms with Crippen LogP contribution in [-0.2, 0) is 19.4 Å². The highest BCUT2D eigenvalue weighted by Gasteiger charge is 2.16. The zero-order valence-corrected chi connectivity index (χ0v) is 11.2. The molecule has 0 aliphatic heterocycles. The number of anilines is 1. The monoisotopic (exact) mass is 257 g/mol. The second-order valence-electron chi connectivity index (χ2n) is 5.16. The van der Waals surface area contributed by atoms with E-state index in [2.05, 4.69) is 31.8 Å². The number of hydrogen-bond donors (Lipinski definition) is 1. The van der Waals surface area contributed by atoms with Crippen LogP contribution in [0, 0.1) is 0 Å². The third kappa shape index (κ3) is 2.75. The molecule has 0 saturated carbocycles. The van der Waals surface area contributed by atoms with Crippen molar-refractivity contribution in [1.82, 2.24) is 19.5 Å². The first-order valence-electron chi connectivity index (χ1n) is 6.88. The van der Waals surface area contributed by atoms with Gasteiger partial charge in [0.05, 0.1) is 6.33 Å². The largest absolute Gasteiger partial charge is 0.365 e. The normalized spacial score (nSPS) is 15.8. The Morgan fingerprint density at radius 3 is 3.05 bits per heavy atom. The number of nitrogens with zero attached hydrogens (tertiary/aromatic N) is 4. The average Bonchev–Trinajstić information content (AvgIpc) is 2.92. The summed E-state index contributed by atoms with van der Waals surface area (Å²) in [7, 11) is 0. The van der Waals surface area contributed by atoms with Gasteiger partial charge in [0.2, 0.25) is 0 Å². The lowest BCUT2D eigenvalue weighted by Gasteiger charge is -2.21. The minimum atomic E-state index is 0.315. The smallest absolute Gasteiger partial charge is 0.133 e. The van der Waals surface area contributed by atoms with Crippen LogP contribution < -0.4 is 5.32 Å². The van der Waals surface area contributed by atoms with Crippen LogP contribution in [-0.4, -0.2) is 25.6 Å². The maximum absolute atomic E-state index is 4.41. The molecule has 5 heteroatoms. The summed E-state index contributed by atoms with van der Waals surface area (Å²) in [5.41, 5.74) is 2.53. The van der Waals surface area contributed by atoms with Crippen LogP contribution >= 0.6 is 0 Å². The molecule has 1 N–H and O–H groups in total. The maximum atomic E-state index is 4.41. The summed E-state index contributed by atoms with van der Waals surface area (Å²) in [6.07, 6.45) is 12.0. The van der Waals surface area contributed by atoms with Crippen LogP contribution in [0.1, 0.15) is 31.0 Å². The Labute approximate surface area is 113 Å². The molecule has 2 aromatic heterocycles. The molecule has 1 aliphatic rings. The molecule has 5 nitrogen and oxygen atoms in total. The first-order valence-corrected chi connectivity index (χ1v) is 6.88. The standard InChI is InChI=1S/C14H19N5/c1-11(8-19-7-6-15-10-19)18-14-12-4-2-3-5-13(12)16-9-17-14/h6-7,9-11H,2-5,8H2,1H3,(H,16,17,18). The van der Waals surface area contributed by atoms with Gasteiger partial charge in [-0.1, -0.05) is 0 Å². The Morgan fingerprint density at radius 2 is 2.21 bits per heavy atom. The second-order valence-corrected chi connectivity index (χ2v) is 5.16. The van der Waals surface area contributed by atoms with Crippen LogP contribution in [0.2, 0.25) is 0 Å². The van der Waals surface area contributed by atoms with Crippen LogP contribution in [0.25, 0.3) is 0 Å². The highest BCUT2D eigenvalue weighted by Crippen LogP contribution is 2.24. The fourth-order valence-electron chi connectivity index (χ4n) is 2.64. The summed E-state index contributed by atoms with van der Waals surface area (Å²) in [6, 6.07) is 0.315. The van der Waals surface area contributed by atoms with E-state index in [9.17, 15) is 0 Å². The van der Waals surface area contributed by atoms with E-state index < -0.39 is 0 Å². The minimum absolute atomic E-state index is 0.315. The lowest BCUT2D eigenvalue weighted by atomic mass is 9.96. The molecule has 1 unspecified atom stereocenters. The number of fused-ring (bicyclic) bond motifs is 1. The van der Waals surface area contributed by atoms with E-state index in [1.54, 1.807) is 12.5 Å². The Bertz CT molecular complexity index is 535. The molecule has 0 amide bonds. The fraction of sp³-hybridized carbons (Fsp3) is 0.500. The van der Waals surface area contributed by atoms with E-state index in [0.717, 1.165) is 25.2 Å². The predicted molar refractivity (Wildman–Crippen MR) is 74.0 cm³/mol. The van der Waals surface area contributed by atoms with E-state index in [0.29, 0.717) is 6.04 Å². The van der Waals surface area contributed by atoms with Crippen molar-refractivity contribution in [3.8, 4) is 0 Å². The minimum Gasteiger partial charge on any atom is -0.365 e. The summed E-state index contributed by atoms with van der Waals surface area (Å²) >= 11 is 0. The molecule has 2 heterocycles. The van der Waals surface area contributed by atoms with Crippen molar-refractivity contribution in [3.05, 3.63) is 36.3 Å². The van der Waals surface area contributed by atoms with Gasteiger partial charge in [0.15, 0.2) is 0 Å². The first kappa shape index (κ1) is 12.1. The maximum Gasteiger partial charge on any atom is 0.133 e. The van der Waals surface area contributed by atoms with E-state index in [1.807, 2.05) is 12.5 Å². The van der Waals surface area contributed by atoms with Gasteiger partial charge in [0.1, 0.15) is 12.1 Å². The lowest BCUT2D eigenvalue weighted by molar-refractivity contribution is 0.611. The lowest BCUT2D eigenvalue weighted by Crippen LogP contribution is -2.24. The summed E-state index contributed by atoms with van der Waals surface area (Å²) < 4.78 is 2.07. The Hall–Kier alpha value is -1.91. The predicted octanol–water partition coefficient (Wildman–Crippen LogP) is 2.05. The molecule has 3 rings (SSSR count). The molecule has 0 radical (unpaired) electrons. The van der Waals surface area contributed by atoms with Gasteiger partial charge in [0, 0.05) is 36.2 Å². The number of hydrogen-bond acceptors (Lipinski definition) is 4. The van der Waals surface area contributed by atoms with Gasteiger partial charge in [-0.05, 0) is 32.6 Å². The van der Waals surface area contributed by atoms with Crippen LogP contribution in [0.3, 0.4) is 0 Å². The summed E-state index contributed by atoms with van der Waals surface area (Å²) in [4.78, 5) is 12.9. The third-order valence-corrected chi connectivity index (χ3v) is 3.55. The van der Waals surface area contributed by atoms with Crippen molar-refractivity contribution in [3.63, 3.8) is 0 Å². The number of aromatic nitrogens is 4. The topological polar surface area (TPSA) is 55.6 Å². The van der Waals surface area contributed by atoms with Crippen molar-refractivity contribution in [2.75, 3.05) is 5.32 Å². The van der Waals surface area contributed by atoms with Crippen molar-refractivity contribution in [1.29, 1.82) is 0 Å². The molecule has 0 spiro atoms. The van der Waals surface area contributed by atoms with Crippen LogP contribution in [0.4, 0.5) is 5.82 Å². The van der Waals surface area contributed by atoms with Crippen LogP contribution in [0.5, 0.6) is 0 Å². The molecule has 100 valence electrons. The molecular weight excluding hydrogens is 238 g/mol. The Kier molecular flexibility index (Phi) is 3.44. The summed E-state index contributed by atoms with van der Waals surface area (Å²) in [5.74, 6) is 1.01. The summed E-state index contributed by atoms with van der Waals surface area (Å²) in [5, 5.41) is 3.51. The zero-order valence-electron chi connectivity index (χ0n) is 11.2. The third-order valence-electron chi connectivity index (χ3n) is 3.55. The van der Waals surface area contributed by atoms with Crippen molar-refractivity contribution in [2.24, 2.45) is 0 Å². The van der Waals surface area contributed by atoms with Crippen LogP contribution in [0.15, 0.2) is 25.0 Å². The molecule has 1 atom stereocenters. The highest BCUT2D eigenvalue weighted by atomic mass is 15.1. The molecule has 19 heavy (non-hydrogen) atoms. The Morgan fingerprint density at radius 1 is 1.32 bits per heavy atom. The molecular formula is C14H19N5. The molecule has 0 saturated heterocycles. The van der Waals surface area contributed by atoms with Gasteiger partial charge >= 0.3 is 0 Å². The number of imidazole rings is 1. The quantitative estimate of drug-likeness (QED) is 0.910. The highest BCUT2D eigenvalue weighted by molar-refractivity contribution is 5.47. The molecule has 0 fully saturated rings. The van der Waals surface area contributed by atoms with Gasteiger partial charge in [0.25, 0.3) is 0 Å².